The van der Waals surface area contributed by atoms with E-state index in [0.717, 1.165) is 29.4 Å². The van der Waals surface area contributed by atoms with Crippen LogP contribution in [-0.4, -0.2) is 14.2 Å². The number of benzene rings is 1. The molecule has 0 unspecified atom stereocenters. The Hall–Kier alpha value is -1.94. The maximum Gasteiger partial charge on any atom is 0.161 e. The molecular weight excluding hydrogens is 242 g/mol. The highest BCUT2D eigenvalue weighted by Crippen LogP contribution is 2.27. The third-order valence-electron chi connectivity index (χ3n) is 3.03. The van der Waals surface area contributed by atoms with Gasteiger partial charge in [0.15, 0.2) is 11.5 Å². The molecule has 0 radical (unpaired) electrons. The molecule has 4 heteroatoms. The minimum atomic E-state index is 0.715. The molecule has 0 saturated heterocycles. The van der Waals surface area contributed by atoms with E-state index in [9.17, 15) is 0 Å². The number of rotatable bonds is 6. The van der Waals surface area contributed by atoms with Crippen LogP contribution in [0.4, 0.5) is 0 Å². The summed E-state index contributed by atoms with van der Waals surface area (Å²) < 4.78 is 15.9. The first kappa shape index (κ1) is 13.5. The molecule has 2 aromatic rings. The average Bonchev–Trinajstić information content (AvgIpc) is 2.84. The van der Waals surface area contributed by atoms with E-state index in [1.165, 1.54) is 5.56 Å². The molecule has 0 aliphatic rings. The van der Waals surface area contributed by atoms with Crippen molar-refractivity contribution in [3.8, 4) is 11.5 Å². The maximum atomic E-state index is 5.38. The van der Waals surface area contributed by atoms with E-state index in [0.29, 0.717) is 6.54 Å². The second-order valence-electron chi connectivity index (χ2n) is 4.32. The van der Waals surface area contributed by atoms with Gasteiger partial charge in [-0.15, -0.1) is 0 Å². The fourth-order valence-corrected chi connectivity index (χ4v) is 1.90. The molecule has 0 saturated carbocycles. The Morgan fingerprint density at radius 1 is 1.05 bits per heavy atom. The van der Waals surface area contributed by atoms with Crippen molar-refractivity contribution in [2.45, 2.75) is 20.0 Å². The molecule has 0 amide bonds. The van der Waals surface area contributed by atoms with Crippen molar-refractivity contribution in [2.24, 2.45) is 0 Å². The molecule has 0 bridgehead atoms. The Labute approximate surface area is 113 Å². The van der Waals surface area contributed by atoms with Crippen LogP contribution in [0.2, 0.25) is 0 Å². The standard InChI is InChI=1S/C15H19NO3/c1-11-6-7-19-15(11)10-16-9-12-4-5-13(17-2)14(8-12)18-3/h4-8,16H,9-10H2,1-3H3. The molecule has 4 nitrogen and oxygen atoms in total. The molecule has 1 heterocycles. The lowest BCUT2D eigenvalue weighted by Crippen LogP contribution is -2.12. The average molecular weight is 261 g/mol. The Bertz CT molecular complexity index is 534. The molecule has 0 atom stereocenters. The summed E-state index contributed by atoms with van der Waals surface area (Å²) in [6.45, 7) is 3.50. The molecule has 2 rings (SSSR count). The van der Waals surface area contributed by atoms with Gasteiger partial charge < -0.3 is 19.2 Å². The number of furan rings is 1. The van der Waals surface area contributed by atoms with Crippen LogP contribution in [-0.2, 0) is 13.1 Å². The van der Waals surface area contributed by atoms with Gasteiger partial charge in [-0.25, -0.2) is 0 Å². The molecule has 0 aliphatic carbocycles. The minimum Gasteiger partial charge on any atom is -0.493 e. The minimum absolute atomic E-state index is 0.715. The third-order valence-corrected chi connectivity index (χ3v) is 3.03. The zero-order chi connectivity index (χ0) is 13.7. The van der Waals surface area contributed by atoms with E-state index < -0.39 is 0 Å². The van der Waals surface area contributed by atoms with Crippen LogP contribution in [0.1, 0.15) is 16.9 Å². The fraction of sp³-hybridized carbons (Fsp3) is 0.333. The summed E-state index contributed by atoms with van der Waals surface area (Å²) in [5.41, 5.74) is 2.31. The summed E-state index contributed by atoms with van der Waals surface area (Å²) in [5.74, 6) is 2.46. The maximum absolute atomic E-state index is 5.38. The molecule has 1 aromatic carbocycles. The van der Waals surface area contributed by atoms with Gasteiger partial charge in [0.25, 0.3) is 0 Å². The van der Waals surface area contributed by atoms with Gasteiger partial charge in [0.1, 0.15) is 5.76 Å². The van der Waals surface area contributed by atoms with Crippen LogP contribution < -0.4 is 14.8 Å². The topological polar surface area (TPSA) is 43.6 Å². The molecule has 0 aliphatic heterocycles. The molecule has 1 aromatic heterocycles. The van der Waals surface area contributed by atoms with Crippen molar-refractivity contribution in [2.75, 3.05) is 14.2 Å². The first-order valence-corrected chi connectivity index (χ1v) is 6.19. The van der Waals surface area contributed by atoms with Gasteiger partial charge in [-0.2, -0.15) is 0 Å². The van der Waals surface area contributed by atoms with Crippen molar-refractivity contribution in [1.29, 1.82) is 0 Å². The van der Waals surface area contributed by atoms with E-state index in [1.807, 2.05) is 31.2 Å². The summed E-state index contributed by atoms with van der Waals surface area (Å²) >= 11 is 0. The summed E-state index contributed by atoms with van der Waals surface area (Å²) in [4.78, 5) is 0. The summed E-state index contributed by atoms with van der Waals surface area (Å²) in [7, 11) is 3.27. The first-order valence-electron chi connectivity index (χ1n) is 6.19. The van der Waals surface area contributed by atoms with Crippen LogP contribution in [0.15, 0.2) is 34.9 Å². The van der Waals surface area contributed by atoms with Crippen molar-refractivity contribution < 1.29 is 13.9 Å². The summed E-state index contributed by atoms with van der Waals surface area (Å²) in [6.07, 6.45) is 1.71. The Morgan fingerprint density at radius 3 is 2.47 bits per heavy atom. The zero-order valence-electron chi connectivity index (χ0n) is 11.5. The lowest BCUT2D eigenvalue weighted by atomic mass is 10.2. The number of ether oxygens (including phenoxy) is 2. The van der Waals surface area contributed by atoms with Gasteiger partial charge in [0, 0.05) is 6.54 Å². The van der Waals surface area contributed by atoms with E-state index in [1.54, 1.807) is 20.5 Å². The molecule has 1 N–H and O–H groups in total. The van der Waals surface area contributed by atoms with E-state index in [2.05, 4.69) is 5.32 Å². The second-order valence-corrected chi connectivity index (χ2v) is 4.32. The van der Waals surface area contributed by atoms with Crippen LogP contribution >= 0.6 is 0 Å². The number of hydrogen-bond acceptors (Lipinski definition) is 4. The predicted octanol–water partition coefficient (Wildman–Crippen LogP) is 2.90. The quantitative estimate of drug-likeness (QED) is 0.868. The Morgan fingerprint density at radius 2 is 1.84 bits per heavy atom. The number of hydrogen-bond donors (Lipinski definition) is 1. The van der Waals surface area contributed by atoms with E-state index in [-0.39, 0.29) is 0 Å². The monoisotopic (exact) mass is 261 g/mol. The van der Waals surface area contributed by atoms with Gasteiger partial charge in [-0.05, 0) is 36.2 Å². The molecule has 0 spiro atoms. The molecule has 19 heavy (non-hydrogen) atoms. The predicted molar refractivity (Wildman–Crippen MR) is 73.5 cm³/mol. The number of methoxy groups -OCH3 is 2. The number of aryl methyl sites for hydroxylation is 1. The van der Waals surface area contributed by atoms with Gasteiger partial charge in [-0.3, -0.25) is 0 Å². The van der Waals surface area contributed by atoms with Gasteiger partial charge >= 0.3 is 0 Å². The summed E-state index contributed by atoms with van der Waals surface area (Å²) in [5, 5.41) is 3.34. The SMILES string of the molecule is COc1ccc(CNCc2occc2C)cc1OC. The van der Waals surface area contributed by atoms with E-state index >= 15 is 0 Å². The summed E-state index contributed by atoms with van der Waals surface area (Å²) in [6, 6.07) is 7.87. The fourth-order valence-electron chi connectivity index (χ4n) is 1.90. The molecule has 102 valence electrons. The van der Waals surface area contributed by atoms with Gasteiger partial charge in [-0.1, -0.05) is 6.07 Å². The highest BCUT2D eigenvalue weighted by atomic mass is 16.5. The van der Waals surface area contributed by atoms with E-state index in [4.69, 9.17) is 13.9 Å². The van der Waals surface area contributed by atoms with Crippen LogP contribution in [0.3, 0.4) is 0 Å². The van der Waals surface area contributed by atoms with Crippen molar-refractivity contribution >= 4 is 0 Å². The molecule has 0 fully saturated rings. The zero-order valence-corrected chi connectivity index (χ0v) is 11.5. The van der Waals surface area contributed by atoms with Crippen molar-refractivity contribution in [3.05, 3.63) is 47.4 Å². The lowest BCUT2D eigenvalue weighted by Gasteiger charge is -2.10. The lowest BCUT2D eigenvalue weighted by molar-refractivity contribution is 0.354. The first-order chi connectivity index (χ1) is 9.24. The van der Waals surface area contributed by atoms with Gasteiger partial charge in [0.05, 0.1) is 27.0 Å². The van der Waals surface area contributed by atoms with Crippen molar-refractivity contribution in [3.63, 3.8) is 0 Å². The number of nitrogens with one attached hydrogen (secondary N) is 1. The molecular formula is C15H19NO3. The van der Waals surface area contributed by atoms with Crippen LogP contribution in [0.5, 0.6) is 11.5 Å². The smallest absolute Gasteiger partial charge is 0.161 e. The van der Waals surface area contributed by atoms with Crippen molar-refractivity contribution in [1.82, 2.24) is 5.32 Å². The van der Waals surface area contributed by atoms with Gasteiger partial charge in [0.2, 0.25) is 0 Å². The van der Waals surface area contributed by atoms with Crippen LogP contribution in [0, 0.1) is 6.92 Å². The third kappa shape index (κ3) is 3.29. The normalized spacial score (nSPS) is 10.5. The highest BCUT2D eigenvalue weighted by Gasteiger charge is 2.05. The highest BCUT2D eigenvalue weighted by molar-refractivity contribution is 5.42. The second kappa shape index (κ2) is 6.29. The van der Waals surface area contributed by atoms with Crippen LogP contribution in [0.25, 0.3) is 0 Å². The Balaban J connectivity index is 1.94. The largest absolute Gasteiger partial charge is 0.493 e. The Kier molecular flexibility index (Phi) is 4.47.